The molecule has 2 saturated heterocycles. The van der Waals surface area contributed by atoms with E-state index < -0.39 is 93.5 Å². The molecular formula is C40H35F12O4S+. The number of ether oxygens (including phenoxy) is 4. The Labute approximate surface area is 321 Å². The van der Waals surface area contributed by atoms with E-state index in [-0.39, 0.29) is 50.0 Å². The quantitative estimate of drug-likeness (QED) is 0.175. The van der Waals surface area contributed by atoms with Gasteiger partial charge in [0, 0.05) is 33.8 Å². The van der Waals surface area contributed by atoms with Crippen molar-refractivity contribution >= 4 is 10.9 Å². The lowest BCUT2D eigenvalue weighted by atomic mass is 9.62. The van der Waals surface area contributed by atoms with Gasteiger partial charge in [-0.2, -0.15) is 52.7 Å². The lowest BCUT2D eigenvalue weighted by molar-refractivity contribution is -0.472. The summed E-state index contributed by atoms with van der Waals surface area (Å²) in [6.07, 6.45) is -24.8. The molecule has 0 radical (unpaired) electrons. The number of halogens is 12. The second kappa shape index (κ2) is 12.1. The average molecular weight is 840 g/mol. The van der Waals surface area contributed by atoms with E-state index in [1.807, 2.05) is 0 Å². The summed E-state index contributed by atoms with van der Waals surface area (Å²) < 4.78 is 194. The summed E-state index contributed by atoms with van der Waals surface area (Å²) in [5.41, 5.74) is -10.3. The van der Waals surface area contributed by atoms with Crippen LogP contribution in [-0.2, 0) is 31.2 Å². The SMILES string of the molecule is COc1c([S+](c2ccccc2)c2cccc(C34CCC(C3)C3C4OC3(C(F)(F)F)C(F)(F)F)c2OC)cccc1C12CCC(C1)C1C2OC1(C(F)(F)F)C(F)(F)F. The van der Waals surface area contributed by atoms with Crippen LogP contribution in [0.25, 0.3) is 0 Å². The number of rotatable bonds is 7. The average Bonchev–Trinajstić information content (AvgIpc) is 3.82. The van der Waals surface area contributed by atoms with Gasteiger partial charge in [0.25, 0.3) is 11.2 Å². The van der Waals surface area contributed by atoms with Crippen LogP contribution in [0.4, 0.5) is 52.7 Å². The van der Waals surface area contributed by atoms with Crippen LogP contribution >= 0.6 is 0 Å². The third-order valence-electron chi connectivity index (χ3n) is 14.0. The molecule has 0 spiro atoms. The highest BCUT2D eigenvalue weighted by molar-refractivity contribution is 7.97. The topological polar surface area (TPSA) is 36.9 Å². The Bertz CT molecular complexity index is 1930. The maximum Gasteiger partial charge on any atom is 0.426 e. The Hall–Kier alpha value is -3.31. The van der Waals surface area contributed by atoms with Gasteiger partial charge in [0.05, 0.1) is 26.4 Å². The maximum absolute atomic E-state index is 14.3. The summed E-state index contributed by atoms with van der Waals surface area (Å²) in [6.45, 7) is 0. The largest absolute Gasteiger partial charge is 0.491 e. The normalized spacial score (nSPS) is 33.9. The van der Waals surface area contributed by atoms with E-state index in [9.17, 15) is 52.7 Å². The van der Waals surface area contributed by atoms with Gasteiger partial charge < -0.3 is 18.9 Å². The highest BCUT2D eigenvalue weighted by Gasteiger charge is 2.90. The first-order chi connectivity index (χ1) is 26.6. The third-order valence-corrected chi connectivity index (χ3v) is 16.3. The third kappa shape index (κ3) is 4.76. The van der Waals surface area contributed by atoms with Crippen LogP contribution in [0.5, 0.6) is 11.5 Å². The predicted molar refractivity (Wildman–Crippen MR) is 179 cm³/mol. The number of benzene rings is 3. The van der Waals surface area contributed by atoms with Crippen molar-refractivity contribution in [3.05, 3.63) is 77.9 Å². The number of alkyl halides is 12. The molecule has 0 aromatic heterocycles. The number of hydrogen-bond acceptors (Lipinski definition) is 4. The zero-order chi connectivity index (χ0) is 40.9. The van der Waals surface area contributed by atoms with Crippen LogP contribution in [0.15, 0.2) is 81.4 Å². The Kier molecular flexibility index (Phi) is 8.34. The molecule has 0 amide bonds. The second-order valence-corrected chi connectivity index (χ2v) is 18.2. The molecule has 3 aromatic carbocycles. The molecule has 4 bridgehead atoms. The number of hydrogen-bond donors (Lipinski definition) is 0. The molecule has 8 atom stereocenters. The summed E-state index contributed by atoms with van der Waals surface area (Å²) in [7, 11) is 1.49. The standard InChI is InChI=1S/C40H35F12O4S/c1-53-29-23(33-16-14-20(18-33)27-31(33)55-35(27,37(41,42)43)38(44,45)46)10-6-12-25(29)57(22-8-4-3-5-9-22)26-13-7-11-24(30(26)54-2)34-17-15-21(19-34)28-32(34)56-36(28,39(47,48)49)40(50,51)52/h3-13,20-21,27-28,31-32H,14-19H2,1-2H3/q+1. The molecule has 4 nitrogen and oxygen atoms in total. The maximum atomic E-state index is 14.3. The first-order valence-electron chi connectivity index (χ1n) is 18.4. The molecule has 8 unspecified atom stereocenters. The van der Waals surface area contributed by atoms with Gasteiger partial charge in [0.15, 0.2) is 16.4 Å². The van der Waals surface area contributed by atoms with Crippen molar-refractivity contribution in [1.29, 1.82) is 0 Å². The van der Waals surface area contributed by atoms with Gasteiger partial charge in [-0.05, 0) is 74.6 Å². The van der Waals surface area contributed by atoms with Crippen molar-refractivity contribution in [2.75, 3.05) is 14.2 Å². The molecule has 4 saturated carbocycles. The van der Waals surface area contributed by atoms with Crippen molar-refractivity contribution in [2.45, 2.75) is 112 Å². The summed E-state index contributed by atoms with van der Waals surface area (Å²) in [5.74, 6) is -5.10. The molecule has 4 aliphatic carbocycles. The fourth-order valence-corrected chi connectivity index (χ4v) is 14.4. The molecular weight excluding hydrogens is 804 g/mol. The first-order valence-corrected chi connectivity index (χ1v) is 19.6. The van der Waals surface area contributed by atoms with Crippen molar-refractivity contribution in [3.8, 4) is 11.5 Å². The van der Waals surface area contributed by atoms with Gasteiger partial charge >= 0.3 is 24.7 Å². The van der Waals surface area contributed by atoms with Crippen LogP contribution < -0.4 is 9.47 Å². The minimum Gasteiger partial charge on any atom is -0.491 e. The monoisotopic (exact) mass is 839 g/mol. The molecule has 308 valence electrons. The van der Waals surface area contributed by atoms with E-state index in [4.69, 9.17) is 18.9 Å². The highest BCUT2D eigenvalue weighted by atomic mass is 32.2. The number of methoxy groups -OCH3 is 2. The molecule has 3 aromatic rings. The van der Waals surface area contributed by atoms with Gasteiger partial charge in [0.1, 0.15) is 10.9 Å². The minimum absolute atomic E-state index is 0.0115. The van der Waals surface area contributed by atoms with Gasteiger partial charge in [-0.15, -0.1) is 0 Å². The van der Waals surface area contributed by atoms with Crippen LogP contribution in [-0.4, -0.2) is 62.3 Å². The first kappa shape index (κ1) is 39.2. The number of fused-ring (bicyclic) bond motifs is 10. The lowest BCUT2D eigenvalue weighted by Gasteiger charge is -2.59. The van der Waals surface area contributed by atoms with Gasteiger partial charge in [-0.25, -0.2) is 0 Å². The molecule has 2 aliphatic heterocycles. The molecule has 2 heterocycles. The molecule has 9 rings (SSSR count). The molecule has 17 heteroatoms. The molecule has 0 N–H and O–H groups in total. The number of para-hydroxylation sites is 2. The summed E-state index contributed by atoms with van der Waals surface area (Å²) in [4.78, 5) is 1.67. The Morgan fingerprint density at radius 3 is 1.28 bits per heavy atom. The predicted octanol–water partition coefficient (Wildman–Crippen LogP) is 10.7. The van der Waals surface area contributed by atoms with Crippen LogP contribution in [0.3, 0.4) is 0 Å². The fraction of sp³-hybridized carbons (Fsp3) is 0.550. The van der Waals surface area contributed by atoms with Crippen LogP contribution in [0, 0.1) is 23.7 Å². The van der Waals surface area contributed by atoms with E-state index in [1.165, 1.54) is 14.2 Å². The van der Waals surface area contributed by atoms with Crippen molar-refractivity contribution in [2.24, 2.45) is 23.7 Å². The van der Waals surface area contributed by atoms with Gasteiger partial charge in [-0.3, -0.25) is 0 Å². The van der Waals surface area contributed by atoms with Crippen molar-refractivity contribution in [3.63, 3.8) is 0 Å². The summed E-state index contributed by atoms with van der Waals surface area (Å²) in [5, 5.41) is 0. The Morgan fingerprint density at radius 2 is 0.930 bits per heavy atom. The summed E-state index contributed by atoms with van der Waals surface area (Å²) >= 11 is 0. The zero-order valence-corrected chi connectivity index (χ0v) is 31.0. The smallest absolute Gasteiger partial charge is 0.426 e. The Morgan fingerprint density at radius 1 is 0.544 bits per heavy atom. The molecule has 6 aliphatic rings. The lowest BCUT2D eigenvalue weighted by Crippen LogP contribution is -2.77. The van der Waals surface area contributed by atoms with E-state index >= 15 is 0 Å². The molecule has 6 fully saturated rings. The molecule has 57 heavy (non-hydrogen) atoms. The van der Waals surface area contributed by atoms with Crippen LogP contribution in [0.1, 0.15) is 49.7 Å². The second-order valence-electron chi connectivity index (χ2n) is 16.2. The van der Waals surface area contributed by atoms with E-state index in [1.54, 1.807) is 66.7 Å². The highest BCUT2D eigenvalue weighted by Crippen LogP contribution is 2.76. The minimum atomic E-state index is -5.70. The Balaban J connectivity index is 1.17. The zero-order valence-electron chi connectivity index (χ0n) is 30.1. The van der Waals surface area contributed by atoms with E-state index in [2.05, 4.69) is 0 Å². The van der Waals surface area contributed by atoms with E-state index in [0.29, 0.717) is 25.8 Å². The van der Waals surface area contributed by atoms with E-state index in [0.717, 1.165) is 0 Å². The van der Waals surface area contributed by atoms with Crippen molar-refractivity contribution in [1.82, 2.24) is 0 Å². The van der Waals surface area contributed by atoms with Gasteiger partial charge in [0.2, 0.25) is 9.79 Å². The fourth-order valence-electron chi connectivity index (χ4n) is 12.0. The van der Waals surface area contributed by atoms with Crippen molar-refractivity contribution < 1.29 is 71.6 Å². The van der Waals surface area contributed by atoms with Crippen LogP contribution in [0.2, 0.25) is 0 Å². The summed E-state index contributed by atoms with van der Waals surface area (Å²) in [6, 6.07) is 18.9. The van der Waals surface area contributed by atoms with Gasteiger partial charge in [-0.1, -0.05) is 42.5 Å².